The molecular formula is C19H11N. The van der Waals surface area contributed by atoms with Crippen molar-refractivity contribution in [3.63, 3.8) is 0 Å². The molecule has 5 rings (SSSR count). The third-order valence-corrected chi connectivity index (χ3v) is 4.27. The van der Waals surface area contributed by atoms with Crippen LogP contribution in [-0.4, -0.2) is 4.98 Å². The van der Waals surface area contributed by atoms with Crippen molar-refractivity contribution in [2.75, 3.05) is 0 Å². The molecule has 0 radical (unpaired) electrons. The molecule has 0 atom stereocenters. The van der Waals surface area contributed by atoms with E-state index < -0.39 is 0 Å². The molecule has 0 aliphatic carbocycles. The van der Waals surface area contributed by atoms with E-state index in [9.17, 15) is 0 Å². The molecule has 1 aromatic heterocycles. The highest BCUT2D eigenvalue weighted by atomic mass is 14.6. The van der Waals surface area contributed by atoms with E-state index in [1.165, 1.54) is 43.1 Å². The van der Waals surface area contributed by atoms with Crippen LogP contribution in [0.5, 0.6) is 0 Å². The Hall–Kier alpha value is -2.67. The molecule has 1 heteroatoms. The maximum atomic E-state index is 4.42. The molecule has 0 fully saturated rings. The smallest absolute Gasteiger partial charge is 0.0353 e. The van der Waals surface area contributed by atoms with Crippen LogP contribution in [0.15, 0.2) is 67.0 Å². The Kier molecular flexibility index (Phi) is 1.75. The van der Waals surface area contributed by atoms with Crippen LogP contribution in [0.4, 0.5) is 0 Å². The predicted molar refractivity (Wildman–Crippen MR) is 85.4 cm³/mol. The summed E-state index contributed by atoms with van der Waals surface area (Å²) in [6.07, 6.45) is 3.95. The predicted octanol–water partition coefficient (Wildman–Crippen LogP) is 5.13. The second-order valence-electron chi connectivity index (χ2n) is 5.30. The van der Waals surface area contributed by atoms with E-state index in [1.54, 1.807) is 0 Å². The molecule has 0 amide bonds. The van der Waals surface area contributed by atoms with Crippen molar-refractivity contribution in [2.45, 2.75) is 0 Å². The van der Waals surface area contributed by atoms with Gasteiger partial charge in [0.25, 0.3) is 0 Å². The molecular weight excluding hydrogens is 242 g/mol. The summed E-state index contributed by atoms with van der Waals surface area (Å²) in [5.41, 5.74) is 0. The number of hydrogen-bond acceptors (Lipinski definition) is 1. The lowest BCUT2D eigenvalue weighted by atomic mass is 9.91. The molecule has 1 nitrogen and oxygen atoms in total. The number of fused-ring (bicyclic) bond motifs is 2. The summed E-state index contributed by atoms with van der Waals surface area (Å²) in [6.45, 7) is 0. The zero-order chi connectivity index (χ0) is 13.1. The van der Waals surface area contributed by atoms with Gasteiger partial charge in [0.05, 0.1) is 0 Å². The summed E-state index contributed by atoms with van der Waals surface area (Å²) in [5.74, 6) is 0. The van der Waals surface area contributed by atoms with Crippen molar-refractivity contribution in [3.8, 4) is 0 Å². The molecule has 5 aromatic rings. The van der Waals surface area contributed by atoms with Gasteiger partial charge in [0.1, 0.15) is 0 Å². The highest BCUT2D eigenvalue weighted by molar-refractivity contribution is 6.32. The van der Waals surface area contributed by atoms with Crippen LogP contribution in [0.1, 0.15) is 0 Å². The maximum absolute atomic E-state index is 4.42. The van der Waals surface area contributed by atoms with Crippen LogP contribution in [0.2, 0.25) is 0 Å². The number of hydrogen-bond donors (Lipinski definition) is 0. The first-order valence-corrected chi connectivity index (χ1v) is 6.83. The summed E-state index contributed by atoms with van der Waals surface area (Å²) in [5, 5.41) is 10.4. The summed E-state index contributed by atoms with van der Waals surface area (Å²) >= 11 is 0. The van der Waals surface area contributed by atoms with E-state index in [4.69, 9.17) is 0 Å². The molecule has 20 heavy (non-hydrogen) atoms. The third-order valence-electron chi connectivity index (χ3n) is 4.27. The highest BCUT2D eigenvalue weighted by Gasteiger charge is 2.11. The fourth-order valence-electron chi connectivity index (χ4n) is 3.45. The average molecular weight is 253 g/mol. The van der Waals surface area contributed by atoms with E-state index in [2.05, 4.69) is 59.6 Å². The van der Waals surface area contributed by atoms with Gasteiger partial charge in [0.15, 0.2) is 0 Å². The lowest BCUT2D eigenvalue weighted by molar-refractivity contribution is 1.39. The van der Waals surface area contributed by atoms with Crippen LogP contribution >= 0.6 is 0 Å². The Morgan fingerprint density at radius 1 is 0.500 bits per heavy atom. The van der Waals surface area contributed by atoms with E-state index in [0.29, 0.717) is 0 Å². The van der Waals surface area contributed by atoms with Gasteiger partial charge in [-0.3, -0.25) is 4.98 Å². The first-order chi connectivity index (χ1) is 9.93. The lowest BCUT2D eigenvalue weighted by Gasteiger charge is -2.13. The minimum atomic E-state index is 1.21. The molecule has 0 bridgehead atoms. The van der Waals surface area contributed by atoms with Gasteiger partial charge in [0.2, 0.25) is 0 Å². The van der Waals surface area contributed by atoms with E-state index >= 15 is 0 Å². The number of pyridine rings is 1. The number of nitrogens with zero attached hydrogens (tertiary/aromatic N) is 1. The Morgan fingerprint density at radius 3 is 1.75 bits per heavy atom. The fraction of sp³-hybridized carbons (Fsp3) is 0. The normalized spacial score (nSPS) is 12.0. The van der Waals surface area contributed by atoms with Crippen LogP contribution in [-0.2, 0) is 0 Å². The van der Waals surface area contributed by atoms with Crippen LogP contribution in [0.3, 0.4) is 0 Å². The van der Waals surface area contributed by atoms with E-state index in [0.717, 1.165) is 0 Å². The zero-order valence-electron chi connectivity index (χ0n) is 10.8. The van der Waals surface area contributed by atoms with Crippen LogP contribution in [0.25, 0.3) is 43.1 Å². The fourth-order valence-corrected chi connectivity index (χ4v) is 3.45. The highest BCUT2D eigenvalue weighted by Crippen LogP contribution is 2.39. The van der Waals surface area contributed by atoms with Gasteiger partial charge >= 0.3 is 0 Å². The molecule has 0 saturated carbocycles. The number of benzene rings is 4. The number of rotatable bonds is 0. The summed E-state index contributed by atoms with van der Waals surface area (Å²) in [4.78, 5) is 4.42. The first kappa shape index (κ1) is 10.2. The molecule has 0 spiro atoms. The SMILES string of the molecule is c1cc2cccc3c4cncc5cccc(c(c1)c23)c54. The van der Waals surface area contributed by atoms with E-state index in [-0.39, 0.29) is 0 Å². The Balaban J connectivity index is 2.32. The molecule has 4 aromatic carbocycles. The van der Waals surface area contributed by atoms with Crippen molar-refractivity contribution in [2.24, 2.45) is 0 Å². The standard InChI is InChI=1S/C19H11N/c1-4-12-5-2-9-16-17-11-20-10-13-6-3-8-15(19(13)17)14(7-1)18(12)16/h1-11H. The Bertz CT molecular complexity index is 923. The second-order valence-corrected chi connectivity index (χ2v) is 5.30. The largest absolute Gasteiger partial charge is 0.263 e. The van der Waals surface area contributed by atoms with Gasteiger partial charge in [-0.25, -0.2) is 0 Å². The minimum Gasteiger partial charge on any atom is -0.263 e. The average Bonchev–Trinajstić information content (AvgIpc) is 2.52. The molecule has 92 valence electrons. The van der Waals surface area contributed by atoms with Gasteiger partial charge in [-0.15, -0.1) is 0 Å². The van der Waals surface area contributed by atoms with Gasteiger partial charge in [0, 0.05) is 28.6 Å². The molecule has 0 unspecified atom stereocenters. The van der Waals surface area contributed by atoms with Crippen molar-refractivity contribution in [1.29, 1.82) is 0 Å². The first-order valence-electron chi connectivity index (χ1n) is 6.83. The van der Waals surface area contributed by atoms with Gasteiger partial charge in [-0.1, -0.05) is 54.6 Å². The lowest BCUT2D eigenvalue weighted by Crippen LogP contribution is -1.87. The van der Waals surface area contributed by atoms with Crippen molar-refractivity contribution in [3.05, 3.63) is 67.0 Å². The van der Waals surface area contributed by atoms with Crippen LogP contribution < -0.4 is 0 Å². The Labute approximate surface area is 115 Å². The Morgan fingerprint density at radius 2 is 1.05 bits per heavy atom. The molecule has 0 saturated heterocycles. The zero-order valence-corrected chi connectivity index (χ0v) is 10.8. The quantitative estimate of drug-likeness (QED) is 0.275. The number of aromatic nitrogens is 1. The topological polar surface area (TPSA) is 12.9 Å². The molecule has 0 aliphatic heterocycles. The maximum Gasteiger partial charge on any atom is 0.0353 e. The molecule has 1 heterocycles. The van der Waals surface area contributed by atoms with Crippen molar-refractivity contribution >= 4 is 43.1 Å². The summed E-state index contributed by atoms with van der Waals surface area (Å²) < 4.78 is 0. The summed E-state index contributed by atoms with van der Waals surface area (Å²) in [6, 6.07) is 19.6. The van der Waals surface area contributed by atoms with Gasteiger partial charge < -0.3 is 0 Å². The van der Waals surface area contributed by atoms with Crippen molar-refractivity contribution < 1.29 is 0 Å². The third kappa shape index (κ3) is 1.11. The molecule has 0 aliphatic rings. The van der Waals surface area contributed by atoms with Crippen LogP contribution in [0, 0.1) is 0 Å². The molecule has 0 N–H and O–H groups in total. The van der Waals surface area contributed by atoms with Gasteiger partial charge in [-0.05, 0) is 26.9 Å². The summed E-state index contributed by atoms with van der Waals surface area (Å²) in [7, 11) is 0. The monoisotopic (exact) mass is 253 g/mol. The minimum absolute atomic E-state index is 1.21. The second kappa shape index (κ2) is 3.45. The van der Waals surface area contributed by atoms with Crippen molar-refractivity contribution in [1.82, 2.24) is 4.98 Å². The van der Waals surface area contributed by atoms with E-state index in [1.807, 2.05) is 12.4 Å². The van der Waals surface area contributed by atoms with Gasteiger partial charge in [-0.2, -0.15) is 0 Å².